The fourth-order valence-corrected chi connectivity index (χ4v) is 2.09. The number of halogens is 1. The first kappa shape index (κ1) is 14.2. The summed E-state index contributed by atoms with van der Waals surface area (Å²) >= 11 is 0. The normalized spacial score (nSPS) is 10.6. The van der Waals surface area contributed by atoms with Gasteiger partial charge in [-0.05, 0) is 37.1 Å². The van der Waals surface area contributed by atoms with Crippen molar-refractivity contribution in [3.63, 3.8) is 0 Å². The van der Waals surface area contributed by atoms with Crippen molar-refractivity contribution in [3.8, 4) is 0 Å². The molecule has 0 fully saturated rings. The van der Waals surface area contributed by atoms with E-state index in [1.54, 1.807) is 17.7 Å². The molecule has 1 heterocycles. The number of hydrogen-bond donors (Lipinski definition) is 1. The molecule has 0 radical (unpaired) electrons. The first-order valence-electron chi connectivity index (χ1n) is 6.57. The van der Waals surface area contributed by atoms with Crippen LogP contribution in [-0.2, 0) is 20.0 Å². The summed E-state index contributed by atoms with van der Waals surface area (Å²) in [5.74, 6) is -0.513. The standard InChI is InChI=1S/C15H18FN3O/c1-4-14-12(9-19(3)18-14)8-17-15(20)11-5-6-13(16)10(2)7-11/h5-7,9H,4,8H2,1-3H3,(H,17,20). The van der Waals surface area contributed by atoms with E-state index in [0.29, 0.717) is 17.7 Å². The number of rotatable bonds is 4. The monoisotopic (exact) mass is 275 g/mol. The molecular weight excluding hydrogens is 257 g/mol. The van der Waals surface area contributed by atoms with Crippen molar-refractivity contribution >= 4 is 5.91 Å². The first-order valence-corrected chi connectivity index (χ1v) is 6.57. The van der Waals surface area contributed by atoms with E-state index >= 15 is 0 Å². The Labute approximate surface area is 117 Å². The van der Waals surface area contributed by atoms with Gasteiger partial charge < -0.3 is 5.32 Å². The lowest BCUT2D eigenvalue weighted by atomic mass is 10.1. The maximum atomic E-state index is 13.2. The van der Waals surface area contributed by atoms with Crippen molar-refractivity contribution in [2.24, 2.45) is 7.05 Å². The van der Waals surface area contributed by atoms with Crippen LogP contribution in [0.15, 0.2) is 24.4 Å². The molecule has 1 aromatic carbocycles. The molecule has 20 heavy (non-hydrogen) atoms. The van der Waals surface area contributed by atoms with Gasteiger partial charge in [-0.2, -0.15) is 5.10 Å². The molecule has 0 spiro atoms. The number of amides is 1. The van der Waals surface area contributed by atoms with Crippen molar-refractivity contribution in [2.45, 2.75) is 26.8 Å². The van der Waals surface area contributed by atoms with E-state index in [0.717, 1.165) is 17.7 Å². The Hall–Kier alpha value is -2.17. The smallest absolute Gasteiger partial charge is 0.251 e. The van der Waals surface area contributed by atoms with Gasteiger partial charge in [0, 0.05) is 30.9 Å². The van der Waals surface area contributed by atoms with E-state index in [4.69, 9.17) is 0 Å². The van der Waals surface area contributed by atoms with Gasteiger partial charge in [0.05, 0.1) is 5.69 Å². The second-order valence-electron chi connectivity index (χ2n) is 4.77. The first-order chi connectivity index (χ1) is 9.51. The lowest BCUT2D eigenvalue weighted by molar-refractivity contribution is 0.0950. The summed E-state index contributed by atoms with van der Waals surface area (Å²) in [5.41, 5.74) is 2.91. The van der Waals surface area contributed by atoms with Crippen LogP contribution in [0.25, 0.3) is 0 Å². The van der Waals surface area contributed by atoms with E-state index in [1.165, 1.54) is 12.1 Å². The zero-order valence-electron chi connectivity index (χ0n) is 11.9. The van der Waals surface area contributed by atoms with Crippen molar-refractivity contribution in [1.82, 2.24) is 15.1 Å². The molecule has 5 heteroatoms. The van der Waals surface area contributed by atoms with Crippen LogP contribution in [0.4, 0.5) is 4.39 Å². The summed E-state index contributed by atoms with van der Waals surface area (Å²) in [6.45, 7) is 4.09. The Kier molecular flexibility index (Phi) is 4.17. The molecule has 1 amide bonds. The zero-order chi connectivity index (χ0) is 14.7. The minimum atomic E-state index is -0.304. The fraction of sp³-hybridized carbons (Fsp3) is 0.333. The molecule has 0 saturated heterocycles. The van der Waals surface area contributed by atoms with E-state index in [9.17, 15) is 9.18 Å². The number of aryl methyl sites for hydroxylation is 3. The Morgan fingerprint density at radius 1 is 1.45 bits per heavy atom. The largest absolute Gasteiger partial charge is 0.348 e. The molecule has 0 saturated carbocycles. The predicted molar refractivity (Wildman–Crippen MR) is 74.9 cm³/mol. The van der Waals surface area contributed by atoms with Gasteiger partial charge in [-0.15, -0.1) is 0 Å². The van der Waals surface area contributed by atoms with Crippen LogP contribution in [0.3, 0.4) is 0 Å². The number of aromatic nitrogens is 2. The third-order valence-corrected chi connectivity index (χ3v) is 3.19. The molecule has 2 aromatic rings. The van der Waals surface area contributed by atoms with Gasteiger partial charge in [-0.3, -0.25) is 9.48 Å². The van der Waals surface area contributed by atoms with Crippen LogP contribution in [0.2, 0.25) is 0 Å². The van der Waals surface area contributed by atoms with E-state index in [2.05, 4.69) is 10.4 Å². The Bertz CT molecular complexity index is 634. The van der Waals surface area contributed by atoms with Gasteiger partial charge in [0.2, 0.25) is 0 Å². The van der Waals surface area contributed by atoms with Gasteiger partial charge in [0.25, 0.3) is 5.91 Å². The van der Waals surface area contributed by atoms with Crippen LogP contribution in [0.1, 0.15) is 34.1 Å². The lowest BCUT2D eigenvalue weighted by Gasteiger charge is -2.06. The van der Waals surface area contributed by atoms with Crippen LogP contribution in [0, 0.1) is 12.7 Å². The average molecular weight is 275 g/mol. The second kappa shape index (κ2) is 5.86. The number of carbonyl (C=O) groups is 1. The van der Waals surface area contributed by atoms with Crippen LogP contribution in [0.5, 0.6) is 0 Å². The highest BCUT2D eigenvalue weighted by atomic mass is 19.1. The Morgan fingerprint density at radius 2 is 2.20 bits per heavy atom. The molecule has 0 bridgehead atoms. The Balaban J connectivity index is 2.06. The van der Waals surface area contributed by atoms with Crippen LogP contribution >= 0.6 is 0 Å². The molecule has 0 atom stereocenters. The highest BCUT2D eigenvalue weighted by Gasteiger charge is 2.10. The molecule has 0 aliphatic carbocycles. The molecule has 1 N–H and O–H groups in total. The highest BCUT2D eigenvalue weighted by molar-refractivity contribution is 5.94. The summed E-state index contributed by atoms with van der Waals surface area (Å²) in [4.78, 5) is 12.0. The predicted octanol–water partition coefficient (Wildman–Crippen LogP) is 2.36. The maximum absolute atomic E-state index is 13.2. The third kappa shape index (κ3) is 3.04. The minimum Gasteiger partial charge on any atom is -0.348 e. The molecule has 2 rings (SSSR count). The SMILES string of the molecule is CCc1nn(C)cc1CNC(=O)c1ccc(F)c(C)c1. The van der Waals surface area contributed by atoms with Crippen molar-refractivity contribution < 1.29 is 9.18 Å². The third-order valence-electron chi connectivity index (χ3n) is 3.19. The summed E-state index contributed by atoms with van der Waals surface area (Å²) in [6, 6.07) is 4.35. The molecule has 106 valence electrons. The molecular formula is C15H18FN3O. The lowest BCUT2D eigenvalue weighted by Crippen LogP contribution is -2.23. The highest BCUT2D eigenvalue weighted by Crippen LogP contribution is 2.10. The number of carbonyl (C=O) groups excluding carboxylic acids is 1. The molecule has 4 nitrogen and oxygen atoms in total. The summed E-state index contributed by atoms with van der Waals surface area (Å²) < 4.78 is 14.9. The van der Waals surface area contributed by atoms with Crippen molar-refractivity contribution in [2.75, 3.05) is 0 Å². The zero-order valence-corrected chi connectivity index (χ0v) is 11.9. The van der Waals surface area contributed by atoms with E-state index < -0.39 is 0 Å². The number of nitrogens with one attached hydrogen (secondary N) is 1. The molecule has 0 aliphatic rings. The molecule has 1 aromatic heterocycles. The van der Waals surface area contributed by atoms with Crippen LogP contribution in [-0.4, -0.2) is 15.7 Å². The van der Waals surface area contributed by atoms with Gasteiger partial charge >= 0.3 is 0 Å². The van der Waals surface area contributed by atoms with Crippen molar-refractivity contribution in [3.05, 3.63) is 52.6 Å². The van der Waals surface area contributed by atoms with E-state index in [-0.39, 0.29) is 11.7 Å². The van der Waals surface area contributed by atoms with Crippen LogP contribution < -0.4 is 5.32 Å². The van der Waals surface area contributed by atoms with E-state index in [1.807, 2.05) is 20.2 Å². The molecule has 0 aliphatic heterocycles. The maximum Gasteiger partial charge on any atom is 0.251 e. The van der Waals surface area contributed by atoms with Gasteiger partial charge in [-0.1, -0.05) is 6.92 Å². The summed E-state index contributed by atoms with van der Waals surface area (Å²) in [7, 11) is 1.85. The topological polar surface area (TPSA) is 46.9 Å². The summed E-state index contributed by atoms with van der Waals surface area (Å²) in [5, 5.41) is 7.16. The Morgan fingerprint density at radius 3 is 2.85 bits per heavy atom. The fourth-order valence-electron chi connectivity index (χ4n) is 2.09. The quantitative estimate of drug-likeness (QED) is 0.931. The second-order valence-corrected chi connectivity index (χ2v) is 4.77. The number of hydrogen-bond acceptors (Lipinski definition) is 2. The van der Waals surface area contributed by atoms with Crippen molar-refractivity contribution in [1.29, 1.82) is 0 Å². The number of benzene rings is 1. The summed E-state index contributed by atoms with van der Waals surface area (Å²) in [6.07, 6.45) is 2.72. The minimum absolute atomic E-state index is 0.209. The van der Waals surface area contributed by atoms with Gasteiger partial charge in [0.1, 0.15) is 5.82 Å². The molecule has 0 unspecified atom stereocenters. The van der Waals surface area contributed by atoms with Gasteiger partial charge in [0.15, 0.2) is 0 Å². The average Bonchev–Trinajstić information content (AvgIpc) is 2.79. The van der Waals surface area contributed by atoms with Gasteiger partial charge in [-0.25, -0.2) is 4.39 Å². The number of nitrogens with zero attached hydrogens (tertiary/aromatic N) is 2.